The Bertz CT molecular complexity index is 463. The van der Waals surface area contributed by atoms with Gasteiger partial charge in [-0.1, -0.05) is 0 Å². The summed E-state index contributed by atoms with van der Waals surface area (Å²) in [6, 6.07) is 4.12. The molecule has 0 aliphatic carbocycles. The number of aliphatic hydroxyl groups is 1. The highest BCUT2D eigenvalue weighted by Crippen LogP contribution is 2.27. The molecular formula is C12H16N2O4S. The highest BCUT2D eigenvalue weighted by Gasteiger charge is 2.20. The topological polar surface area (TPSA) is 92.5 Å². The summed E-state index contributed by atoms with van der Waals surface area (Å²) in [5.74, 6) is 0. The van der Waals surface area contributed by atoms with E-state index in [2.05, 4.69) is 5.32 Å². The molecule has 0 aliphatic heterocycles. The number of aliphatic hydroxyl groups excluding tert-OH is 1. The maximum Gasteiger partial charge on any atom is 0.293 e. The van der Waals surface area contributed by atoms with Crippen LogP contribution in [0.3, 0.4) is 0 Å². The zero-order chi connectivity index (χ0) is 14.4. The third-order valence-electron chi connectivity index (χ3n) is 2.78. The van der Waals surface area contributed by atoms with Gasteiger partial charge in [-0.2, -0.15) is 11.8 Å². The fourth-order valence-electron chi connectivity index (χ4n) is 1.67. The van der Waals surface area contributed by atoms with Crippen LogP contribution in [0.1, 0.15) is 17.3 Å². The fourth-order valence-corrected chi connectivity index (χ4v) is 2.30. The van der Waals surface area contributed by atoms with E-state index in [9.17, 15) is 20.0 Å². The molecule has 2 unspecified atom stereocenters. The van der Waals surface area contributed by atoms with E-state index in [1.165, 1.54) is 30.0 Å². The smallest absolute Gasteiger partial charge is 0.293 e. The average molecular weight is 284 g/mol. The fraction of sp³-hybridized carbons (Fsp3) is 0.417. The second-order valence-electron chi connectivity index (χ2n) is 4.04. The molecule has 7 heteroatoms. The zero-order valence-corrected chi connectivity index (χ0v) is 11.5. The summed E-state index contributed by atoms with van der Waals surface area (Å²) in [6.45, 7) is 1.82. The lowest BCUT2D eigenvalue weighted by molar-refractivity contribution is -0.384. The Morgan fingerprint density at radius 2 is 2.26 bits per heavy atom. The summed E-state index contributed by atoms with van der Waals surface area (Å²) >= 11 is 1.48. The molecule has 2 N–H and O–H groups in total. The average Bonchev–Trinajstić information content (AvgIpc) is 2.40. The van der Waals surface area contributed by atoms with Gasteiger partial charge in [0.25, 0.3) is 5.69 Å². The number of nitrogens with zero attached hydrogens (tertiary/aromatic N) is 1. The monoisotopic (exact) mass is 284 g/mol. The van der Waals surface area contributed by atoms with Crippen molar-refractivity contribution in [2.75, 3.05) is 18.2 Å². The van der Waals surface area contributed by atoms with Gasteiger partial charge in [0.05, 0.1) is 11.5 Å². The van der Waals surface area contributed by atoms with Gasteiger partial charge in [0.1, 0.15) is 12.0 Å². The van der Waals surface area contributed by atoms with Gasteiger partial charge in [0.15, 0.2) is 0 Å². The molecule has 19 heavy (non-hydrogen) atoms. The van der Waals surface area contributed by atoms with Crippen LogP contribution in [0.25, 0.3) is 0 Å². The van der Waals surface area contributed by atoms with E-state index in [1.54, 1.807) is 0 Å². The summed E-state index contributed by atoms with van der Waals surface area (Å²) in [7, 11) is 0. The van der Waals surface area contributed by atoms with Crippen molar-refractivity contribution in [1.82, 2.24) is 0 Å². The molecule has 0 spiro atoms. The maximum absolute atomic E-state index is 11.0. The van der Waals surface area contributed by atoms with Crippen LogP contribution < -0.4 is 5.32 Å². The highest BCUT2D eigenvalue weighted by atomic mass is 32.2. The SMILES string of the molecule is CSC(CO)C(C)Nc1ccc(C=O)cc1[N+](=O)[O-]. The minimum Gasteiger partial charge on any atom is -0.395 e. The van der Waals surface area contributed by atoms with Gasteiger partial charge in [-0.05, 0) is 25.3 Å². The lowest BCUT2D eigenvalue weighted by Gasteiger charge is -2.22. The van der Waals surface area contributed by atoms with Gasteiger partial charge < -0.3 is 10.4 Å². The van der Waals surface area contributed by atoms with Crippen LogP contribution in [0, 0.1) is 10.1 Å². The Kier molecular flexibility index (Phi) is 5.78. The molecule has 0 heterocycles. The van der Waals surface area contributed by atoms with Crippen LogP contribution >= 0.6 is 11.8 Å². The van der Waals surface area contributed by atoms with E-state index in [0.29, 0.717) is 12.0 Å². The molecule has 2 atom stereocenters. The molecule has 0 aromatic heterocycles. The number of nitro groups is 1. The lowest BCUT2D eigenvalue weighted by atomic mass is 10.1. The number of thioether (sulfide) groups is 1. The Hall–Kier alpha value is -1.60. The van der Waals surface area contributed by atoms with E-state index in [0.717, 1.165) is 0 Å². The third kappa shape index (κ3) is 3.93. The van der Waals surface area contributed by atoms with Crippen LogP contribution in [0.4, 0.5) is 11.4 Å². The first kappa shape index (κ1) is 15.5. The number of carbonyl (C=O) groups is 1. The van der Waals surface area contributed by atoms with E-state index >= 15 is 0 Å². The summed E-state index contributed by atoms with van der Waals surface area (Å²) in [5.41, 5.74) is 0.457. The number of aldehydes is 1. The van der Waals surface area contributed by atoms with Crippen LogP contribution in [-0.2, 0) is 0 Å². The molecule has 0 radical (unpaired) electrons. The molecule has 6 nitrogen and oxygen atoms in total. The number of carbonyl (C=O) groups excluding carboxylic acids is 1. The first-order chi connectivity index (χ1) is 9.03. The van der Waals surface area contributed by atoms with Gasteiger partial charge in [-0.25, -0.2) is 0 Å². The molecular weight excluding hydrogens is 268 g/mol. The van der Waals surface area contributed by atoms with Crippen molar-refractivity contribution in [2.45, 2.75) is 18.2 Å². The molecule has 0 saturated carbocycles. The van der Waals surface area contributed by atoms with Gasteiger partial charge in [0, 0.05) is 22.9 Å². The molecule has 0 fully saturated rings. The van der Waals surface area contributed by atoms with E-state index in [1.807, 2.05) is 13.2 Å². The number of hydrogen-bond donors (Lipinski definition) is 2. The Morgan fingerprint density at radius 1 is 1.58 bits per heavy atom. The molecule has 104 valence electrons. The van der Waals surface area contributed by atoms with Crippen LogP contribution in [0.2, 0.25) is 0 Å². The summed E-state index contributed by atoms with van der Waals surface area (Å²) < 4.78 is 0. The van der Waals surface area contributed by atoms with Crippen LogP contribution in [0.5, 0.6) is 0 Å². The van der Waals surface area contributed by atoms with Gasteiger partial charge in [0.2, 0.25) is 0 Å². The number of nitro benzene ring substituents is 1. The minimum atomic E-state index is -0.533. The Balaban J connectivity index is 3.00. The van der Waals surface area contributed by atoms with Crippen molar-refractivity contribution < 1.29 is 14.8 Å². The van der Waals surface area contributed by atoms with E-state index < -0.39 is 4.92 Å². The quantitative estimate of drug-likeness (QED) is 0.451. The van der Waals surface area contributed by atoms with E-state index in [-0.39, 0.29) is 29.1 Å². The molecule has 0 bridgehead atoms. The molecule has 0 aliphatic rings. The summed E-state index contributed by atoms with van der Waals surface area (Å²) in [4.78, 5) is 21.1. The van der Waals surface area contributed by atoms with E-state index in [4.69, 9.17) is 0 Å². The Morgan fingerprint density at radius 3 is 2.74 bits per heavy atom. The predicted molar refractivity (Wildman–Crippen MR) is 76.0 cm³/mol. The first-order valence-electron chi connectivity index (χ1n) is 5.67. The number of hydrogen-bond acceptors (Lipinski definition) is 6. The highest BCUT2D eigenvalue weighted by molar-refractivity contribution is 7.99. The normalized spacial score (nSPS) is 13.6. The maximum atomic E-state index is 11.0. The second-order valence-corrected chi connectivity index (χ2v) is 5.12. The predicted octanol–water partition coefficient (Wildman–Crippen LogP) is 1.93. The second kappa shape index (κ2) is 7.10. The van der Waals surface area contributed by atoms with Crippen molar-refractivity contribution in [1.29, 1.82) is 0 Å². The largest absolute Gasteiger partial charge is 0.395 e. The first-order valence-corrected chi connectivity index (χ1v) is 6.96. The van der Waals surface area contributed by atoms with Gasteiger partial charge in [-0.3, -0.25) is 14.9 Å². The lowest BCUT2D eigenvalue weighted by Crippen LogP contribution is -2.31. The number of rotatable bonds is 7. The molecule has 0 amide bonds. The Labute approximate surface area is 115 Å². The zero-order valence-electron chi connectivity index (χ0n) is 10.7. The number of anilines is 1. The number of nitrogens with one attached hydrogen (secondary N) is 1. The van der Waals surface area contributed by atoms with Crippen LogP contribution in [0.15, 0.2) is 18.2 Å². The summed E-state index contributed by atoms with van der Waals surface area (Å²) in [5, 5.41) is 23.1. The van der Waals surface area contributed by atoms with Crippen LogP contribution in [-0.4, -0.2) is 40.5 Å². The molecule has 0 saturated heterocycles. The third-order valence-corrected chi connectivity index (χ3v) is 3.94. The van der Waals surface area contributed by atoms with Gasteiger partial charge in [-0.15, -0.1) is 0 Å². The van der Waals surface area contributed by atoms with Crippen molar-refractivity contribution >= 4 is 29.4 Å². The van der Waals surface area contributed by atoms with Crippen molar-refractivity contribution in [2.24, 2.45) is 0 Å². The number of benzene rings is 1. The van der Waals surface area contributed by atoms with Crippen molar-refractivity contribution in [3.63, 3.8) is 0 Å². The standard InChI is InChI=1S/C12H16N2O4S/c1-8(12(7-16)19-2)13-10-4-3-9(6-15)5-11(10)14(17)18/h3-6,8,12-13,16H,7H2,1-2H3. The molecule has 1 rings (SSSR count). The molecule has 1 aromatic rings. The van der Waals surface area contributed by atoms with Crippen molar-refractivity contribution in [3.8, 4) is 0 Å². The van der Waals surface area contributed by atoms with Gasteiger partial charge >= 0.3 is 0 Å². The summed E-state index contributed by atoms with van der Waals surface area (Å²) in [6.07, 6.45) is 2.43. The molecule has 1 aromatic carbocycles. The minimum absolute atomic E-state index is 0.0183. The van der Waals surface area contributed by atoms with Crippen molar-refractivity contribution in [3.05, 3.63) is 33.9 Å².